The molecule has 3 N–H and O–H groups in total. The molecule has 0 bridgehead atoms. The summed E-state index contributed by atoms with van der Waals surface area (Å²) in [5, 5.41) is 2.80. The molecule has 0 spiro atoms. The van der Waals surface area contributed by atoms with Gasteiger partial charge in [0.05, 0.1) is 11.5 Å². The van der Waals surface area contributed by atoms with Crippen LogP contribution in [0.2, 0.25) is 0 Å². The van der Waals surface area contributed by atoms with Crippen molar-refractivity contribution in [1.82, 2.24) is 5.32 Å². The van der Waals surface area contributed by atoms with Crippen molar-refractivity contribution in [3.8, 4) is 0 Å². The Kier molecular flexibility index (Phi) is 3.96. The number of sulfone groups is 1. The average molecular weight is 248 g/mol. The van der Waals surface area contributed by atoms with Gasteiger partial charge in [-0.1, -0.05) is 0 Å². The van der Waals surface area contributed by atoms with Gasteiger partial charge < -0.3 is 11.1 Å². The van der Waals surface area contributed by atoms with Gasteiger partial charge >= 0.3 is 0 Å². The van der Waals surface area contributed by atoms with E-state index in [1.807, 2.05) is 13.8 Å². The third-order valence-electron chi connectivity index (χ3n) is 2.79. The zero-order chi connectivity index (χ0) is 12.4. The van der Waals surface area contributed by atoms with E-state index in [0.717, 1.165) is 0 Å². The van der Waals surface area contributed by atoms with Gasteiger partial charge in [-0.15, -0.1) is 0 Å². The maximum absolute atomic E-state index is 11.6. The first kappa shape index (κ1) is 13.4. The molecule has 0 aliphatic carbocycles. The molecule has 1 fully saturated rings. The van der Waals surface area contributed by atoms with Crippen molar-refractivity contribution in [3.05, 3.63) is 0 Å². The second kappa shape index (κ2) is 4.71. The smallest absolute Gasteiger partial charge is 0.220 e. The maximum atomic E-state index is 11.6. The van der Waals surface area contributed by atoms with Gasteiger partial charge in [0.1, 0.15) is 0 Å². The van der Waals surface area contributed by atoms with E-state index in [4.69, 9.17) is 5.73 Å². The van der Waals surface area contributed by atoms with Crippen LogP contribution in [-0.4, -0.2) is 37.9 Å². The Morgan fingerprint density at radius 2 is 2.12 bits per heavy atom. The van der Waals surface area contributed by atoms with E-state index in [-0.39, 0.29) is 29.8 Å². The molecule has 0 aromatic carbocycles. The fourth-order valence-electron chi connectivity index (χ4n) is 1.77. The van der Waals surface area contributed by atoms with Gasteiger partial charge in [0.2, 0.25) is 5.91 Å². The molecular formula is C10H20N2O3S. The highest BCUT2D eigenvalue weighted by atomic mass is 32.2. The molecule has 16 heavy (non-hydrogen) atoms. The van der Waals surface area contributed by atoms with Gasteiger partial charge in [-0.25, -0.2) is 8.42 Å². The quantitative estimate of drug-likeness (QED) is 0.712. The van der Waals surface area contributed by atoms with E-state index in [2.05, 4.69) is 5.32 Å². The summed E-state index contributed by atoms with van der Waals surface area (Å²) in [5.74, 6) is 0.213. The normalized spacial score (nSPS) is 24.3. The van der Waals surface area contributed by atoms with Crippen molar-refractivity contribution in [2.75, 3.05) is 18.1 Å². The summed E-state index contributed by atoms with van der Waals surface area (Å²) in [6.07, 6.45) is 0.876. The Hall–Kier alpha value is -0.620. The van der Waals surface area contributed by atoms with E-state index < -0.39 is 15.4 Å². The highest BCUT2D eigenvalue weighted by Crippen LogP contribution is 2.21. The molecular weight excluding hydrogens is 228 g/mol. The van der Waals surface area contributed by atoms with Crippen LogP contribution in [0.3, 0.4) is 0 Å². The summed E-state index contributed by atoms with van der Waals surface area (Å²) in [5.41, 5.74) is 5.07. The monoisotopic (exact) mass is 248 g/mol. The van der Waals surface area contributed by atoms with Gasteiger partial charge in [0.25, 0.3) is 0 Å². The van der Waals surface area contributed by atoms with Gasteiger partial charge in [0, 0.05) is 18.5 Å². The average Bonchev–Trinajstić information content (AvgIpc) is 2.44. The topological polar surface area (TPSA) is 89.3 Å². The first-order chi connectivity index (χ1) is 7.24. The van der Waals surface area contributed by atoms with Gasteiger partial charge in [-0.05, 0) is 26.2 Å². The first-order valence-corrected chi connectivity index (χ1v) is 7.28. The summed E-state index contributed by atoms with van der Waals surface area (Å²) in [6, 6.07) is 0. The maximum Gasteiger partial charge on any atom is 0.220 e. The number of nitrogens with two attached hydrogens (primary N) is 1. The zero-order valence-electron chi connectivity index (χ0n) is 9.82. The minimum absolute atomic E-state index is 0.0291. The molecule has 0 aromatic rings. The zero-order valence-corrected chi connectivity index (χ0v) is 10.6. The molecule has 1 aliphatic heterocycles. The number of rotatable bonds is 4. The third-order valence-corrected chi connectivity index (χ3v) is 4.63. The van der Waals surface area contributed by atoms with E-state index in [1.165, 1.54) is 0 Å². The second-order valence-corrected chi connectivity index (χ2v) is 7.34. The van der Waals surface area contributed by atoms with Crippen molar-refractivity contribution < 1.29 is 13.2 Å². The Morgan fingerprint density at radius 3 is 2.56 bits per heavy atom. The molecule has 1 atom stereocenters. The highest BCUT2D eigenvalue weighted by molar-refractivity contribution is 7.91. The fourth-order valence-corrected chi connectivity index (χ4v) is 3.64. The predicted molar refractivity (Wildman–Crippen MR) is 62.7 cm³/mol. The summed E-state index contributed by atoms with van der Waals surface area (Å²) >= 11 is 0. The van der Waals surface area contributed by atoms with E-state index in [0.29, 0.717) is 13.0 Å². The molecule has 1 saturated heterocycles. The molecule has 5 nitrogen and oxygen atoms in total. The fraction of sp³-hybridized carbons (Fsp3) is 0.900. The van der Waals surface area contributed by atoms with Crippen molar-refractivity contribution in [2.24, 2.45) is 11.7 Å². The summed E-state index contributed by atoms with van der Waals surface area (Å²) < 4.78 is 22.4. The summed E-state index contributed by atoms with van der Waals surface area (Å²) in [7, 11) is -2.90. The van der Waals surface area contributed by atoms with E-state index in [1.54, 1.807) is 0 Å². The highest BCUT2D eigenvalue weighted by Gasteiger charge is 2.30. The van der Waals surface area contributed by atoms with Gasteiger partial charge in [-0.3, -0.25) is 4.79 Å². The second-order valence-electron chi connectivity index (χ2n) is 5.11. The van der Waals surface area contributed by atoms with Crippen LogP contribution in [0, 0.1) is 5.92 Å². The molecule has 1 unspecified atom stereocenters. The molecule has 1 aliphatic rings. The number of carbonyl (C=O) groups is 1. The van der Waals surface area contributed by atoms with Crippen LogP contribution in [0.4, 0.5) is 0 Å². The third kappa shape index (κ3) is 4.09. The summed E-state index contributed by atoms with van der Waals surface area (Å²) in [6.45, 7) is 4.05. The largest absolute Gasteiger partial charge is 0.350 e. The van der Waals surface area contributed by atoms with Crippen molar-refractivity contribution >= 4 is 15.7 Å². The number of amides is 1. The minimum Gasteiger partial charge on any atom is -0.350 e. The Morgan fingerprint density at radius 1 is 1.50 bits per heavy atom. The van der Waals surface area contributed by atoms with Crippen LogP contribution in [0.25, 0.3) is 0 Å². The lowest BCUT2D eigenvalue weighted by molar-refractivity contribution is -0.123. The van der Waals surface area contributed by atoms with Crippen LogP contribution >= 0.6 is 0 Å². The van der Waals surface area contributed by atoms with E-state index in [9.17, 15) is 13.2 Å². The molecule has 6 heteroatoms. The lowest BCUT2D eigenvalue weighted by Crippen LogP contribution is -2.49. The number of hydrogen-bond acceptors (Lipinski definition) is 4. The Balaban J connectivity index is 2.42. The van der Waals surface area contributed by atoms with Crippen molar-refractivity contribution in [1.29, 1.82) is 0 Å². The Labute approximate surface area is 96.7 Å². The molecule has 0 aromatic heterocycles. The number of carbonyl (C=O) groups excluding carboxylic acids is 1. The van der Waals surface area contributed by atoms with Crippen LogP contribution in [0.15, 0.2) is 0 Å². The lowest BCUT2D eigenvalue weighted by Gasteiger charge is -2.24. The van der Waals surface area contributed by atoms with Crippen LogP contribution < -0.4 is 11.1 Å². The van der Waals surface area contributed by atoms with Crippen LogP contribution in [-0.2, 0) is 14.6 Å². The van der Waals surface area contributed by atoms with Crippen molar-refractivity contribution in [3.63, 3.8) is 0 Å². The van der Waals surface area contributed by atoms with Crippen LogP contribution in [0.1, 0.15) is 26.7 Å². The molecule has 94 valence electrons. The lowest BCUT2D eigenvalue weighted by atomic mass is 10.0. The molecule has 1 amide bonds. The predicted octanol–water partition coefficient (Wildman–Crippen LogP) is -0.335. The standard InChI is InChI=1S/C10H20N2O3S/c1-10(2,7-11)12-9(13)5-8-3-4-16(14,15)6-8/h8H,3-7,11H2,1-2H3,(H,12,13). The molecule has 1 heterocycles. The Bertz CT molecular complexity index is 362. The van der Waals surface area contributed by atoms with E-state index >= 15 is 0 Å². The van der Waals surface area contributed by atoms with Gasteiger partial charge in [0.15, 0.2) is 9.84 Å². The SMILES string of the molecule is CC(C)(CN)NC(=O)CC1CCS(=O)(=O)C1. The summed E-state index contributed by atoms with van der Waals surface area (Å²) in [4.78, 5) is 11.6. The first-order valence-electron chi connectivity index (χ1n) is 5.45. The van der Waals surface area contributed by atoms with Crippen molar-refractivity contribution in [2.45, 2.75) is 32.2 Å². The molecule has 0 radical (unpaired) electrons. The van der Waals surface area contributed by atoms with Crippen LogP contribution in [0.5, 0.6) is 0 Å². The minimum atomic E-state index is -2.90. The van der Waals surface area contributed by atoms with Gasteiger partial charge in [-0.2, -0.15) is 0 Å². The molecule has 1 rings (SSSR count). The molecule has 0 saturated carbocycles. The number of hydrogen-bond donors (Lipinski definition) is 2. The number of nitrogens with one attached hydrogen (secondary N) is 1.